The van der Waals surface area contributed by atoms with Crippen LogP contribution in [0.1, 0.15) is 26.7 Å². The van der Waals surface area contributed by atoms with Gasteiger partial charge in [-0.3, -0.25) is 4.79 Å². The maximum atomic E-state index is 12.9. The molecule has 0 saturated carbocycles. The van der Waals surface area contributed by atoms with Gasteiger partial charge in [-0.15, -0.1) is 0 Å². The second-order valence-corrected chi connectivity index (χ2v) is 7.35. The summed E-state index contributed by atoms with van der Waals surface area (Å²) in [5.41, 5.74) is 0.269. The van der Waals surface area contributed by atoms with Gasteiger partial charge in [0.2, 0.25) is 0 Å². The Hall–Kier alpha value is -2.44. The maximum absolute atomic E-state index is 12.9. The van der Waals surface area contributed by atoms with Gasteiger partial charge in [-0.25, -0.2) is 4.79 Å². The van der Waals surface area contributed by atoms with Gasteiger partial charge >= 0.3 is 5.97 Å². The number of carbonyl (C=O) groups excluding carboxylic acids is 2. The molecule has 0 radical (unpaired) electrons. The van der Waals surface area contributed by atoms with Gasteiger partial charge in [0.15, 0.2) is 5.78 Å². The van der Waals surface area contributed by atoms with Crippen molar-refractivity contribution in [1.82, 2.24) is 0 Å². The number of rotatable bonds is 3. The lowest BCUT2D eigenvalue weighted by Gasteiger charge is -2.34. The van der Waals surface area contributed by atoms with E-state index < -0.39 is 42.2 Å². The van der Waals surface area contributed by atoms with Crippen LogP contribution < -0.4 is 0 Å². The standard InChI is InChI=1S/C22H26O6/c1-3-4-5-6-7-8-17-21-20-18(28-17)10-9-15(24)19(20)16(25)12-14(23)11-13(2)27-22(21)26/h3-10,13-14,16,18-20,23,25H,11-12H2,1-2H3/b4-3+,6-5+,8-7+. The summed E-state index contributed by atoms with van der Waals surface area (Å²) in [6.07, 6.45) is 11.1. The smallest absolute Gasteiger partial charge is 0.338 e. The molecule has 0 aromatic rings. The molecular formula is C22H26O6. The van der Waals surface area contributed by atoms with Gasteiger partial charge in [-0.1, -0.05) is 30.4 Å². The summed E-state index contributed by atoms with van der Waals surface area (Å²) in [7, 11) is 0. The molecule has 2 aliphatic heterocycles. The summed E-state index contributed by atoms with van der Waals surface area (Å²) in [4.78, 5) is 25.4. The molecule has 6 unspecified atom stereocenters. The molecule has 2 N–H and O–H groups in total. The molecule has 2 heterocycles. The number of carbonyl (C=O) groups is 2. The molecule has 6 atom stereocenters. The Labute approximate surface area is 164 Å². The highest BCUT2D eigenvalue weighted by Crippen LogP contribution is 2.43. The van der Waals surface area contributed by atoms with Gasteiger partial charge in [0, 0.05) is 18.8 Å². The van der Waals surface area contributed by atoms with E-state index in [9.17, 15) is 19.8 Å². The number of aliphatic hydroxyl groups excluding tert-OH is 2. The van der Waals surface area contributed by atoms with Crippen molar-refractivity contribution < 1.29 is 29.3 Å². The van der Waals surface area contributed by atoms with Crippen LogP contribution >= 0.6 is 0 Å². The monoisotopic (exact) mass is 386 g/mol. The highest BCUT2D eigenvalue weighted by Gasteiger charge is 2.51. The molecule has 1 aliphatic carbocycles. The first-order valence-electron chi connectivity index (χ1n) is 9.58. The minimum absolute atomic E-state index is 0.0416. The van der Waals surface area contributed by atoms with Crippen molar-refractivity contribution in [1.29, 1.82) is 0 Å². The number of hydrogen-bond acceptors (Lipinski definition) is 6. The number of esters is 1. The van der Waals surface area contributed by atoms with E-state index in [1.165, 1.54) is 6.08 Å². The third-order valence-electron chi connectivity index (χ3n) is 5.22. The van der Waals surface area contributed by atoms with Gasteiger partial charge in [-0.2, -0.15) is 0 Å². The number of ketones is 1. The molecule has 6 nitrogen and oxygen atoms in total. The van der Waals surface area contributed by atoms with Crippen molar-refractivity contribution in [3.8, 4) is 0 Å². The average Bonchev–Trinajstić information content (AvgIpc) is 2.98. The summed E-state index contributed by atoms with van der Waals surface area (Å²) in [6.45, 7) is 3.61. The lowest BCUT2D eigenvalue weighted by atomic mass is 9.72. The first-order valence-corrected chi connectivity index (χ1v) is 9.58. The summed E-state index contributed by atoms with van der Waals surface area (Å²) >= 11 is 0. The van der Waals surface area contributed by atoms with Crippen LogP contribution in [-0.4, -0.2) is 46.4 Å². The van der Waals surface area contributed by atoms with Crippen LogP contribution in [0.3, 0.4) is 0 Å². The minimum Gasteiger partial charge on any atom is -0.485 e. The zero-order chi connectivity index (χ0) is 20.3. The average molecular weight is 386 g/mol. The van der Waals surface area contributed by atoms with E-state index in [-0.39, 0.29) is 24.2 Å². The molecule has 0 aromatic carbocycles. The van der Waals surface area contributed by atoms with Gasteiger partial charge in [-0.05, 0) is 32.1 Å². The van der Waals surface area contributed by atoms with Gasteiger partial charge in [0.25, 0.3) is 0 Å². The van der Waals surface area contributed by atoms with Crippen LogP contribution in [0.4, 0.5) is 0 Å². The molecule has 3 aliphatic rings. The van der Waals surface area contributed by atoms with Crippen LogP contribution in [-0.2, 0) is 19.1 Å². The molecule has 1 saturated heterocycles. The lowest BCUT2D eigenvalue weighted by molar-refractivity contribution is -0.147. The quantitative estimate of drug-likeness (QED) is 0.570. The highest BCUT2D eigenvalue weighted by atomic mass is 16.5. The number of ether oxygens (including phenoxy) is 2. The largest absolute Gasteiger partial charge is 0.485 e. The maximum Gasteiger partial charge on any atom is 0.338 e. The second kappa shape index (κ2) is 8.71. The highest BCUT2D eigenvalue weighted by molar-refractivity contribution is 5.98. The zero-order valence-electron chi connectivity index (χ0n) is 16.0. The van der Waals surface area contributed by atoms with Crippen molar-refractivity contribution in [2.24, 2.45) is 11.8 Å². The Morgan fingerprint density at radius 1 is 1.04 bits per heavy atom. The van der Waals surface area contributed by atoms with E-state index >= 15 is 0 Å². The topological polar surface area (TPSA) is 93.1 Å². The normalized spacial score (nSPS) is 36.3. The second-order valence-electron chi connectivity index (χ2n) is 7.35. The molecule has 1 fully saturated rings. The zero-order valence-corrected chi connectivity index (χ0v) is 16.0. The van der Waals surface area contributed by atoms with Crippen molar-refractivity contribution in [2.75, 3.05) is 0 Å². The summed E-state index contributed by atoms with van der Waals surface area (Å²) < 4.78 is 11.4. The van der Waals surface area contributed by atoms with E-state index in [0.29, 0.717) is 5.76 Å². The van der Waals surface area contributed by atoms with Crippen LogP contribution in [0.5, 0.6) is 0 Å². The predicted octanol–water partition coefficient (Wildman–Crippen LogP) is 2.15. The van der Waals surface area contributed by atoms with Crippen LogP contribution in [0.15, 0.2) is 59.9 Å². The Kier molecular flexibility index (Phi) is 6.31. The fraction of sp³-hybridized carbons (Fsp3) is 0.455. The predicted molar refractivity (Wildman–Crippen MR) is 103 cm³/mol. The molecule has 3 rings (SSSR count). The Balaban J connectivity index is 2.02. The van der Waals surface area contributed by atoms with Crippen LogP contribution in [0, 0.1) is 11.8 Å². The number of allylic oxidation sites excluding steroid dienone is 7. The minimum atomic E-state index is -1.07. The van der Waals surface area contributed by atoms with E-state index in [2.05, 4.69) is 0 Å². The van der Waals surface area contributed by atoms with Gasteiger partial charge in [0.1, 0.15) is 18.0 Å². The van der Waals surface area contributed by atoms with Gasteiger partial charge < -0.3 is 19.7 Å². The van der Waals surface area contributed by atoms with Crippen LogP contribution in [0.25, 0.3) is 0 Å². The summed E-state index contributed by atoms with van der Waals surface area (Å²) in [6, 6.07) is 0. The number of hydrogen-bond donors (Lipinski definition) is 2. The fourth-order valence-corrected chi connectivity index (χ4v) is 4.01. The lowest BCUT2D eigenvalue weighted by Crippen LogP contribution is -2.45. The fourth-order valence-electron chi connectivity index (χ4n) is 4.01. The first-order chi connectivity index (χ1) is 13.4. The summed E-state index contributed by atoms with van der Waals surface area (Å²) in [5, 5.41) is 20.9. The van der Waals surface area contributed by atoms with Crippen molar-refractivity contribution in [3.63, 3.8) is 0 Å². The number of aliphatic hydroxyl groups is 2. The van der Waals surface area contributed by atoms with Crippen molar-refractivity contribution in [3.05, 3.63) is 59.9 Å². The molecule has 6 heteroatoms. The summed E-state index contributed by atoms with van der Waals surface area (Å²) in [5.74, 6) is -2.01. The molecular weight excluding hydrogens is 360 g/mol. The Morgan fingerprint density at radius 2 is 1.79 bits per heavy atom. The first kappa shape index (κ1) is 20.3. The van der Waals surface area contributed by atoms with Crippen molar-refractivity contribution >= 4 is 11.8 Å². The SMILES string of the molecule is C/C=C/C=C/C=C/C1=C2C(=O)OC(C)CC(O)CC(O)C3C(=O)C=CC(O1)C23. The molecule has 150 valence electrons. The number of cyclic esters (lactones) is 1. The Bertz CT molecular complexity index is 772. The third-order valence-corrected chi connectivity index (χ3v) is 5.22. The molecule has 0 spiro atoms. The molecule has 0 bridgehead atoms. The third kappa shape index (κ3) is 4.18. The van der Waals surface area contributed by atoms with Gasteiger partial charge in [0.05, 0.1) is 23.7 Å². The molecule has 28 heavy (non-hydrogen) atoms. The van der Waals surface area contributed by atoms with E-state index in [1.54, 1.807) is 31.2 Å². The van der Waals surface area contributed by atoms with E-state index in [4.69, 9.17) is 9.47 Å². The van der Waals surface area contributed by atoms with Crippen molar-refractivity contribution in [2.45, 2.75) is 51.1 Å². The van der Waals surface area contributed by atoms with E-state index in [1.807, 2.05) is 25.2 Å². The van der Waals surface area contributed by atoms with Crippen LogP contribution in [0.2, 0.25) is 0 Å². The Morgan fingerprint density at radius 3 is 2.54 bits per heavy atom. The van der Waals surface area contributed by atoms with E-state index in [0.717, 1.165) is 0 Å². The molecule has 0 amide bonds. The molecule has 0 aromatic heterocycles.